The highest BCUT2D eigenvalue weighted by atomic mass is 32.2. The van der Waals surface area contributed by atoms with Gasteiger partial charge in [0.25, 0.3) is 0 Å². The van der Waals surface area contributed by atoms with Crippen molar-refractivity contribution in [2.24, 2.45) is 0 Å². The maximum absolute atomic E-state index is 12.7. The monoisotopic (exact) mass is 371 g/mol. The van der Waals surface area contributed by atoms with E-state index in [1.54, 1.807) is 0 Å². The van der Waals surface area contributed by atoms with Crippen molar-refractivity contribution >= 4 is 28.9 Å². The van der Waals surface area contributed by atoms with E-state index in [9.17, 15) is 4.79 Å². The van der Waals surface area contributed by atoms with Gasteiger partial charge in [-0.1, -0.05) is 29.2 Å². The lowest BCUT2D eigenvalue weighted by Gasteiger charge is -2.12. The second-order valence-corrected chi connectivity index (χ2v) is 8.59. The Bertz CT molecular complexity index is 940. The van der Waals surface area contributed by atoms with Crippen molar-refractivity contribution in [3.05, 3.63) is 57.4 Å². The maximum atomic E-state index is 12.7. The van der Waals surface area contributed by atoms with Gasteiger partial charge in [-0.15, -0.1) is 10.2 Å². The summed E-state index contributed by atoms with van der Waals surface area (Å²) in [4.78, 5) is 12.7. The number of thioether (sulfide) groups is 1. The molecule has 0 aliphatic rings. The van der Waals surface area contributed by atoms with E-state index in [0.717, 1.165) is 32.0 Å². The van der Waals surface area contributed by atoms with Crippen LogP contribution in [-0.4, -0.2) is 26.3 Å². The average molecular weight is 372 g/mol. The molecule has 0 atom stereocenters. The fourth-order valence-corrected chi connectivity index (χ4v) is 4.55. The molecule has 0 N–H and O–H groups in total. The van der Waals surface area contributed by atoms with E-state index in [1.807, 2.05) is 26.8 Å². The number of carbonyl (C=O) groups is 1. The molecule has 0 aliphatic carbocycles. The van der Waals surface area contributed by atoms with Crippen molar-refractivity contribution in [3.8, 4) is 5.69 Å². The first-order valence-corrected chi connectivity index (χ1v) is 9.89. The van der Waals surface area contributed by atoms with E-state index in [2.05, 4.69) is 46.8 Å². The normalized spacial score (nSPS) is 11.1. The Hall–Kier alpha value is -1.92. The predicted octanol–water partition coefficient (Wildman–Crippen LogP) is 4.85. The molecule has 0 spiro atoms. The van der Waals surface area contributed by atoms with Gasteiger partial charge in [0.1, 0.15) is 5.01 Å². The third-order valence-electron chi connectivity index (χ3n) is 4.31. The summed E-state index contributed by atoms with van der Waals surface area (Å²) in [5.74, 6) is 0.507. The molecule has 25 heavy (non-hydrogen) atoms. The Morgan fingerprint density at radius 2 is 1.84 bits per heavy atom. The lowest BCUT2D eigenvalue weighted by molar-refractivity contribution is 0.102. The summed E-state index contributed by atoms with van der Waals surface area (Å²) in [5.41, 5.74) is 6.46. The molecule has 0 aliphatic heterocycles. The van der Waals surface area contributed by atoms with E-state index in [1.165, 1.54) is 34.2 Å². The molecule has 3 aromatic rings. The third kappa shape index (κ3) is 3.70. The highest BCUT2D eigenvalue weighted by molar-refractivity contribution is 8.01. The Morgan fingerprint density at radius 1 is 1.08 bits per heavy atom. The molecule has 130 valence electrons. The summed E-state index contributed by atoms with van der Waals surface area (Å²) in [5, 5.41) is 8.98. The van der Waals surface area contributed by atoms with E-state index in [0.29, 0.717) is 5.75 Å². The molecule has 0 saturated heterocycles. The molecule has 0 unspecified atom stereocenters. The average Bonchev–Trinajstić information content (AvgIpc) is 3.11. The van der Waals surface area contributed by atoms with Gasteiger partial charge in [-0.2, -0.15) is 0 Å². The van der Waals surface area contributed by atoms with Crippen LogP contribution in [-0.2, 0) is 0 Å². The van der Waals surface area contributed by atoms with Crippen molar-refractivity contribution in [2.75, 3.05) is 5.75 Å². The first-order chi connectivity index (χ1) is 11.9. The number of nitrogens with zero attached hydrogens (tertiary/aromatic N) is 3. The molecule has 0 saturated carbocycles. The molecule has 1 aromatic carbocycles. The number of carbonyl (C=O) groups excluding carboxylic acids is 1. The number of Topliss-reactive ketones (excluding diaryl/α,β-unsaturated/α-hetero) is 1. The maximum Gasteiger partial charge on any atom is 0.174 e. The Balaban J connectivity index is 1.85. The molecule has 6 heteroatoms. The summed E-state index contributed by atoms with van der Waals surface area (Å²) >= 11 is 2.97. The van der Waals surface area contributed by atoms with Gasteiger partial charge in [-0.3, -0.25) is 4.79 Å². The van der Waals surface area contributed by atoms with Crippen LogP contribution in [0.5, 0.6) is 0 Å². The number of aryl methyl sites for hydroxylation is 4. The van der Waals surface area contributed by atoms with Crippen molar-refractivity contribution < 1.29 is 4.79 Å². The smallest absolute Gasteiger partial charge is 0.174 e. The van der Waals surface area contributed by atoms with E-state index in [4.69, 9.17) is 0 Å². The Labute approximate surface area is 156 Å². The van der Waals surface area contributed by atoms with Gasteiger partial charge in [0.15, 0.2) is 10.1 Å². The lowest BCUT2D eigenvalue weighted by atomic mass is 10.1. The van der Waals surface area contributed by atoms with E-state index in [-0.39, 0.29) is 5.78 Å². The number of ketones is 1. The van der Waals surface area contributed by atoms with Crippen LogP contribution in [0.15, 0.2) is 28.6 Å². The molecule has 2 aromatic heterocycles. The minimum atomic E-state index is 0.126. The standard InChI is InChI=1S/C19H21N3OS2/c1-11-6-7-16(8-12(11)2)22-13(3)9-17(14(22)4)18(23)10-24-19-21-20-15(5)25-19/h6-9H,10H2,1-5H3. The zero-order valence-corrected chi connectivity index (χ0v) is 16.7. The summed E-state index contributed by atoms with van der Waals surface area (Å²) < 4.78 is 2.99. The Kier molecular flexibility index (Phi) is 5.11. The number of hydrogen-bond acceptors (Lipinski definition) is 5. The fourth-order valence-electron chi connectivity index (χ4n) is 2.85. The lowest BCUT2D eigenvalue weighted by Crippen LogP contribution is -2.05. The van der Waals surface area contributed by atoms with E-state index >= 15 is 0 Å². The van der Waals surface area contributed by atoms with Crippen molar-refractivity contribution in [1.29, 1.82) is 0 Å². The Morgan fingerprint density at radius 3 is 2.48 bits per heavy atom. The SMILES string of the molecule is Cc1nnc(SCC(=O)c2cc(C)n(-c3ccc(C)c(C)c3)c2C)s1. The minimum absolute atomic E-state index is 0.126. The van der Waals surface area contributed by atoms with Crippen LogP contribution in [0.2, 0.25) is 0 Å². The second-order valence-electron chi connectivity index (χ2n) is 6.19. The van der Waals surface area contributed by atoms with Gasteiger partial charge in [-0.05, 0) is 63.9 Å². The van der Waals surface area contributed by atoms with Gasteiger partial charge >= 0.3 is 0 Å². The molecule has 4 nitrogen and oxygen atoms in total. The minimum Gasteiger partial charge on any atom is -0.318 e. The van der Waals surface area contributed by atoms with Gasteiger partial charge in [-0.25, -0.2) is 0 Å². The van der Waals surface area contributed by atoms with Gasteiger partial charge in [0.05, 0.1) is 5.75 Å². The summed E-state index contributed by atoms with van der Waals surface area (Å²) in [6.45, 7) is 10.2. The molecule has 0 fully saturated rings. The molecule has 0 bridgehead atoms. The van der Waals surface area contributed by atoms with Gasteiger partial charge in [0, 0.05) is 22.6 Å². The topological polar surface area (TPSA) is 47.8 Å². The van der Waals surface area contributed by atoms with Crippen LogP contribution in [0.3, 0.4) is 0 Å². The molecular formula is C19H21N3OS2. The predicted molar refractivity (Wildman–Crippen MR) is 104 cm³/mol. The van der Waals surface area contributed by atoms with Crippen LogP contribution in [0, 0.1) is 34.6 Å². The number of benzene rings is 1. The van der Waals surface area contributed by atoms with Gasteiger partial charge in [0.2, 0.25) is 0 Å². The van der Waals surface area contributed by atoms with Crippen LogP contribution in [0.4, 0.5) is 0 Å². The largest absolute Gasteiger partial charge is 0.318 e. The highest BCUT2D eigenvalue weighted by Gasteiger charge is 2.17. The van der Waals surface area contributed by atoms with Crippen molar-refractivity contribution in [3.63, 3.8) is 0 Å². The number of aromatic nitrogens is 3. The van der Waals surface area contributed by atoms with E-state index < -0.39 is 0 Å². The molecule has 0 amide bonds. The number of rotatable bonds is 5. The summed E-state index contributed by atoms with van der Waals surface area (Å²) in [6, 6.07) is 8.38. The molecule has 3 rings (SSSR count). The third-order valence-corrected chi connectivity index (χ3v) is 6.29. The van der Waals surface area contributed by atoms with Gasteiger partial charge < -0.3 is 4.57 Å². The van der Waals surface area contributed by atoms with Crippen LogP contribution in [0.25, 0.3) is 5.69 Å². The summed E-state index contributed by atoms with van der Waals surface area (Å²) in [7, 11) is 0. The molecule has 2 heterocycles. The highest BCUT2D eigenvalue weighted by Crippen LogP contribution is 2.26. The first-order valence-electron chi connectivity index (χ1n) is 8.09. The summed E-state index contributed by atoms with van der Waals surface area (Å²) in [6.07, 6.45) is 0. The molecule has 0 radical (unpaired) electrons. The fraction of sp³-hybridized carbons (Fsp3) is 0.316. The second kappa shape index (κ2) is 7.14. The van der Waals surface area contributed by atoms with Crippen molar-refractivity contribution in [1.82, 2.24) is 14.8 Å². The quantitative estimate of drug-likeness (QED) is 0.475. The zero-order valence-electron chi connectivity index (χ0n) is 15.1. The van der Waals surface area contributed by atoms with Crippen LogP contribution in [0.1, 0.15) is 37.9 Å². The van der Waals surface area contributed by atoms with Crippen LogP contribution < -0.4 is 0 Å². The first kappa shape index (κ1) is 17.9. The van der Waals surface area contributed by atoms with Crippen molar-refractivity contribution in [2.45, 2.75) is 39.0 Å². The molecular weight excluding hydrogens is 350 g/mol. The number of hydrogen-bond donors (Lipinski definition) is 0. The zero-order chi connectivity index (χ0) is 18.1. The van der Waals surface area contributed by atoms with Crippen LogP contribution >= 0.6 is 23.1 Å².